The summed E-state index contributed by atoms with van der Waals surface area (Å²) in [5.41, 5.74) is 1.23. The van der Waals surface area contributed by atoms with E-state index in [4.69, 9.17) is 14.2 Å². The smallest absolute Gasteiger partial charge is 0.119 e. The largest absolute Gasteiger partial charge is 0.494 e. The Bertz CT molecular complexity index is 364. The normalized spacial score (nSPS) is 19.3. The summed E-state index contributed by atoms with van der Waals surface area (Å²) in [6.45, 7) is 6.62. The van der Waals surface area contributed by atoms with Crippen LogP contribution in [-0.2, 0) is 16.0 Å². The van der Waals surface area contributed by atoms with Crippen LogP contribution in [0.2, 0.25) is 0 Å². The van der Waals surface area contributed by atoms with Crippen LogP contribution in [0.5, 0.6) is 5.75 Å². The van der Waals surface area contributed by atoms with Crippen LogP contribution in [-0.4, -0.2) is 39.1 Å². The van der Waals surface area contributed by atoms with Gasteiger partial charge in [0.15, 0.2) is 0 Å². The van der Waals surface area contributed by atoms with Gasteiger partial charge in [-0.05, 0) is 24.1 Å². The van der Waals surface area contributed by atoms with Gasteiger partial charge >= 0.3 is 0 Å². The molecule has 1 atom stereocenters. The highest BCUT2D eigenvalue weighted by Gasteiger charge is 2.13. The topological polar surface area (TPSA) is 39.7 Å². The predicted molar refractivity (Wildman–Crippen MR) is 74.5 cm³/mol. The SMILES string of the molecule is CCCOc1cccc(CNCC2COCCO2)c1. The second-order valence-electron chi connectivity index (χ2n) is 4.69. The molecule has 1 aliphatic heterocycles. The molecular formula is C15H23NO3. The zero-order valence-electron chi connectivity index (χ0n) is 11.6. The molecule has 0 radical (unpaired) electrons. The van der Waals surface area contributed by atoms with Gasteiger partial charge in [-0.25, -0.2) is 0 Å². The molecule has 0 aliphatic carbocycles. The van der Waals surface area contributed by atoms with Gasteiger partial charge in [-0.15, -0.1) is 0 Å². The average molecular weight is 265 g/mol. The third-order valence-electron chi connectivity index (χ3n) is 2.96. The summed E-state index contributed by atoms with van der Waals surface area (Å²) in [5, 5.41) is 3.39. The molecule has 2 rings (SSSR count). The highest BCUT2D eigenvalue weighted by Crippen LogP contribution is 2.13. The summed E-state index contributed by atoms with van der Waals surface area (Å²) in [5.74, 6) is 0.943. The first-order chi connectivity index (χ1) is 9.38. The average Bonchev–Trinajstić information content (AvgIpc) is 2.47. The van der Waals surface area contributed by atoms with Gasteiger partial charge in [0.1, 0.15) is 5.75 Å². The molecule has 1 heterocycles. The van der Waals surface area contributed by atoms with Crippen molar-refractivity contribution in [3.05, 3.63) is 29.8 Å². The number of hydrogen-bond donors (Lipinski definition) is 1. The molecule has 1 aromatic carbocycles. The van der Waals surface area contributed by atoms with Crippen molar-refractivity contribution in [2.75, 3.05) is 33.0 Å². The first-order valence-corrected chi connectivity index (χ1v) is 7.00. The minimum absolute atomic E-state index is 0.174. The fourth-order valence-corrected chi connectivity index (χ4v) is 2.00. The molecule has 1 aromatic rings. The van der Waals surface area contributed by atoms with Gasteiger partial charge in [0.05, 0.1) is 32.5 Å². The summed E-state index contributed by atoms with van der Waals surface area (Å²) in [7, 11) is 0. The molecule has 0 amide bonds. The van der Waals surface area contributed by atoms with Crippen molar-refractivity contribution in [3.63, 3.8) is 0 Å². The predicted octanol–water partition coefficient (Wildman–Crippen LogP) is 1.98. The van der Waals surface area contributed by atoms with Crippen LogP contribution in [0.15, 0.2) is 24.3 Å². The molecule has 1 fully saturated rings. The van der Waals surface area contributed by atoms with E-state index in [0.29, 0.717) is 19.8 Å². The molecular weight excluding hydrogens is 242 g/mol. The zero-order valence-corrected chi connectivity index (χ0v) is 11.6. The Balaban J connectivity index is 1.72. The van der Waals surface area contributed by atoms with Crippen molar-refractivity contribution in [1.29, 1.82) is 0 Å². The lowest BCUT2D eigenvalue weighted by Crippen LogP contribution is -2.37. The van der Waals surface area contributed by atoms with Crippen molar-refractivity contribution in [3.8, 4) is 5.75 Å². The first kappa shape index (κ1) is 14.3. The van der Waals surface area contributed by atoms with Gasteiger partial charge < -0.3 is 19.5 Å². The lowest BCUT2D eigenvalue weighted by atomic mass is 10.2. The van der Waals surface area contributed by atoms with Crippen LogP contribution in [0.4, 0.5) is 0 Å². The van der Waals surface area contributed by atoms with Gasteiger partial charge in [-0.1, -0.05) is 19.1 Å². The third kappa shape index (κ3) is 5.19. The second-order valence-corrected chi connectivity index (χ2v) is 4.69. The summed E-state index contributed by atoms with van der Waals surface area (Å²) < 4.78 is 16.6. The Morgan fingerprint density at radius 2 is 2.32 bits per heavy atom. The first-order valence-electron chi connectivity index (χ1n) is 7.00. The van der Waals surface area contributed by atoms with Crippen LogP contribution in [0, 0.1) is 0 Å². The standard InChI is InChI=1S/C15H23NO3/c1-2-6-18-14-5-3-4-13(9-14)10-16-11-15-12-17-7-8-19-15/h3-5,9,15-16H,2,6-8,10-12H2,1H3. The Labute approximate surface area is 115 Å². The quantitative estimate of drug-likeness (QED) is 0.818. The maximum atomic E-state index is 5.62. The summed E-state index contributed by atoms with van der Waals surface area (Å²) >= 11 is 0. The molecule has 0 spiro atoms. The van der Waals surface area contributed by atoms with Crippen LogP contribution in [0.1, 0.15) is 18.9 Å². The maximum Gasteiger partial charge on any atom is 0.119 e. The van der Waals surface area contributed by atoms with Gasteiger partial charge in [-0.2, -0.15) is 0 Å². The van der Waals surface area contributed by atoms with E-state index in [9.17, 15) is 0 Å². The minimum Gasteiger partial charge on any atom is -0.494 e. The number of rotatable bonds is 7. The van der Waals surface area contributed by atoms with Crippen molar-refractivity contribution in [2.45, 2.75) is 26.0 Å². The summed E-state index contributed by atoms with van der Waals surface area (Å²) in [4.78, 5) is 0. The van der Waals surface area contributed by atoms with Crippen molar-refractivity contribution in [2.24, 2.45) is 0 Å². The van der Waals surface area contributed by atoms with Crippen LogP contribution in [0.25, 0.3) is 0 Å². The van der Waals surface area contributed by atoms with E-state index in [0.717, 1.165) is 31.9 Å². The van der Waals surface area contributed by atoms with Gasteiger partial charge in [-0.3, -0.25) is 0 Å². The Morgan fingerprint density at radius 1 is 1.37 bits per heavy atom. The molecule has 0 aromatic heterocycles. The lowest BCUT2D eigenvalue weighted by molar-refractivity contribution is -0.0864. The second kappa shape index (κ2) is 8.15. The summed E-state index contributed by atoms with van der Waals surface area (Å²) in [6, 6.07) is 8.21. The number of nitrogens with one attached hydrogen (secondary N) is 1. The van der Waals surface area contributed by atoms with Crippen molar-refractivity contribution in [1.82, 2.24) is 5.32 Å². The molecule has 19 heavy (non-hydrogen) atoms. The molecule has 1 unspecified atom stereocenters. The van der Waals surface area contributed by atoms with Crippen molar-refractivity contribution < 1.29 is 14.2 Å². The number of benzene rings is 1. The highest BCUT2D eigenvalue weighted by molar-refractivity contribution is 5.28. The van der Waals surface area contributed by atoms with Crippen LogP contribution >= 0.6 is 0 Å². The molecule has 1 saturated heterocycles. The maximum absolute atomic E-state index is 5.62. The molecule has 0 bridgehead atoms. The van der Waals surface area contributed by atoms with E-state index in [-0.39, 0.29) is 6.10 Å². The Kier molecular flexibility index (Phi) is 6.14. The Hall–Kier alpha value is -1.10. The number of ether oxygens (including phenoxy) is 3. The fourth-order valence-electron chi connectivity index (χ4n) is 2.00. The van der Waals surface area contributed by atoms with Gasteiger partial charge in [0.2, 0.25) is 0 Å². The van der Waals surface area contributed by atoms with E-state index >= 15 is 0 Å². The lowest BCUT2D eigenvalue weighted by Gasteiger charge is -2.23. The zero-order chi connectivity index (χ0) is 13.3. The fraction of sp³-hybridized carbons (Fsp3) is 0.600. The third-order valence-corrected chi connectivity index (χ3v) is 2.96. The van der Waals surface area contributed by atoms with Crippen LogP contribution in [0.3, 0.4) is 0 Å². The molecule has 1 aliphatic rings. The van der Waals surface area contributed by atoms with Gasteiger partial charge in [0.25, 0.3) is 0 Å². The van der Waals surface area contributed by atoms with Gasteiger partial charge in [0, 0.05) is 13.1 Å². The van der Waals surface area contributed by atoms with E-state index in [1.54, 1.807) is 0 Å². The van der Waals surface area contributed by atoms with E-state index in [1.807, 2.05) is 12.1 Å². The van der Waals surface area contributed by atoms with E-state index in [2.05, 4.69) is 24.4 Å². The Morgan fingerprint density at radius 3 is 3.11 bits per heavy atom. The molecule has 4 heteroatoms. The van der Waals surface area contributed by atoms with E-state index < -0.39 is 0 Å². The molecule has 1 N–H and O–H groups in total. The van der Waals surface area contributed by atoms with Crippen molar-refractivity contribution >= 4 is 0 Å². The summed E-state index contributed by atoms with van der Waals surface area (Å²) in [6.07, 6.45) is 1.20. The van der Waals surface area contributed by atoms with Crippen LogP contribution < -0.4 is 10.1 Å². The molecule has 4 nitrogen and oxygen atoms in total. The number of hydrogen-bond acceptors (Lipinski definition) is 4. The molecule has 106 valence electrons. The highest BCUT2D eigenvalue weighted by atomic mass is 16.6. The monoisotopic (exact) mass is 265 g/mol. The minimum atomic E-state index is 0.174. The molecule has 0 saturated carbocycles. The van der Waals surface area contributed by atoms with E-state index in [1.165, 1.54) is 5.56 Å².